The van der Waals surface area contributed by atoms with E-state index in [1.165, 1.54) is 11.7 Å². The molecule has 23 heavy (non-hydrogen) atoms. The zero-order chi connectivity index (χ0) is 17.0. The first-order valence-corrected chi connectivity index (χ1v) is 8.34. The van der Waals surface area contributed by atoms with Crippen molar-refractivity contribution in [1.29, 1.82) is 0 Å². The summed E-state index contributed by atoms with van der Waals surface area (Å²) in [4.78, 5) is 23.3. The van der Waals surface area contributed by atoms with Crippen LogP contribution in [0.1, 0.15) is 11.3 Å². The van der Waals surface area contributed by atoms with Crippen LogP contribution in [0.3, 0.4) is 0 Å². The summed E-state index contributed by atoms with van der Waals surface area (Å²) >= 11 is 4.47. The Labute approximate surface area is 145 Å². The molecule has 2 rings (SSSR count). The second-order valence-electron chi connectivity index (χ2n) is 4.69. The summed E-state index contributed by atoms with van der Waals surface area (Å²) in [5.74, 6) is 0.650. The first kappa shape index (κ1) is 17.6. The number of methoxy groups -OCH3 is 2. The molecule has 1 aromatic heterocycles. The van der Waals surface area contributed by atoms with E-state index < -0.39 is 5.97 Å². The monoisotopic (exact) mass is 401 g/mol. The zero-order valence-electron chi connectivity index (χ0n) is 12.9. The van der Waals surface area contributed by atoms with Crippen LogP contribution in [0.5, 0.6) is 11.5 Å². The summed E-state index contributed by atoms with van der Waals surface area (Å²) in [6.07, 6.45) is 0. The number of halogens is 1. The summed E-state index contributed by atoms with van der Waals surface area (Å²) in [5, 5.41) is 1.71. The van der Waals surface area contributed by atoms with Crippen LogP contribution in [0.2, 0.25) is 0 Å². The number of hydrogen-bond donors (Lipinski definition) is 0. The molecule has 0 unspecified atom stereocenters. The predicted octanol–water partition coefficient (Wildman–Crippen LogP) is 2.74. The number of esters is 1. The van der Waals surface area contributed by atoms with Crippen molar-refractivity contribution in [3.05, 3.63) is 42.9 Å². The molecule has 0 aliphatic rings. The molecule has 0 N–H and O–H groups in total. The van der Waals surface area contributed by atoms with Gasteiger partial charge in [-0.05, 0) is 19.1 Å². The molecule has 2 aromatic rings. The van der Waals surface area contributed by atoms with Gasteiger partial charge in [0.15, 0.2) is 11.5 Å². The molecule has 0 aliphatic heterocycles. The molecule has 124 valence electrons. The molecule has 0 bridgehead atoms. The lowest BCUT2D eigenvalue weighted by Gasteiger charge is -2.12. The number of aryl methyl sites for hydroxylation is 1. The number of benzene rings is 1. The van der Waals surface area contributed by atoms with Gasteiger partial charge in [-0.15, -0.1) is 0 Å². The van der Waals surface area contributed by atoms with Crippen LogP contribution in [0.25, 0.3) is 0 Å². The Hall–Kier alpha value is -1.80. The Morgan fingerprint density at radius 2 is 1.91 bits per heavy atom. The van der Waals surface area contributed by atoms with Gasteiger partial charge in [-0.1, -0.05) is 27.3 Å². The van der Waals surface area contributed by atoms with Crippen molar-refractivity contribution in [2.45, 2.75) is 20.1 Å². The lowest BCUT2D eigenvalue weighted by atomic mass is 10.2. The lowest BCUT2D eigenvalue weighted by molar-refractivity contribution is -0.145. The van der Waals surface area contributed by atoms with E-state index >= 15 is 0 Å². The summed E-state index contributed by atoms with van der Waals surface area (Å²) in [7, 11) is 3.08. The third kappa shape index (κ3) is 4.14. The standard InChI is InChI=1S/C15H16BrNO5S/c1-9-8-23-15(19)17(9)6-14(18)22-7-10-4-12(20-2)13(21-3)5-11(10)16/h4-5,8H,6-7H2,1-3H3. The Morgan fingerprint density at radius 1 is 1.26 bits per heavy atom. The number of rotatable bonds is 6. The average Bonchev–Trinajstić information content (AvgIpc) is 2.85. The maximum Gasteiger partial charge on any atom is 0.326 e. The molecule has 8 heteroatoms. The Bertz CT molecular complexity index is 768. The quantitative estimate of drug-likeness (QED) is 0.696. The second-order valence-corrected chi connectivity index (χ2v) is 6.36. The first-order valence-electron chi connectivity index (χ1n) is 6.67. The van der Waals surface area contributed by atoms with E-state index in [4.69, 9.17) is 14.2 Å². The minimum Gasteiger partial charge on any atom is -0.493 e. The fourth-order valence-electron chi connectivity index (χ4n) is 1.94. The first-order chi connectivity index (χ1) is 11.0. The van der Waals surface area contributed by atoms with Gasteiger partial charge in [-0.2, -0.15) is 0 Å². The van der Waals surface area contributed by atoms with E-state index in [-0.39, 0.29) is 18.0 Å². The van der Waals surface area contributed by atoms with Crippen molar-refractivity contribution in [1.82, 2.24) is 4.57 Å². The molecule has 1 aromatic carbocycles. The van der Waals surface area contributed by atoms with Crippen molar-refractivity contribution in [3.8, 4) is 11.5 Å². The molecule has 0 amide bonds. The Kier molecular flexibility index (Phi) is 5.84. The zero-order valence-corrected chi connectivity index (χ0v) is 15.3. The topological polar surface area (TPSA) is 66.8 Å². The van der Waals surface area contributed by atoms with Gasteiger partial charge < -0.3 is 14.2 Å². The molecule has 0 saturated carbocycles. The number of carbonyl (C=O) groups is 1. The Balaban J connectivity index is 2.06. The van der Waals surface area contributed by atoms with Gasteiger partial charge in [0.25, 0.3) is 0 Å². The van der Waals surface area contributed by atoms with E-state index in [2.05, 4.69) is 15.9 Å². The van der Waals surface area contributed by atoms with Gasteiger partial charge in [-0.3, -0.25) is 14.2 Å². The number of ether oxygens (including phenoxy) is 3. The van der Waals surface area contributed by atoms with Gasteiger partial charge in [-0.25, -0.2) is 0 Å². The number of aromatic nitrogens is 1. The summed E-state index contributed by atoms with van der Waals surface area (Å²) < 4.78 is 17.8. The van der Waals surface area contributed by atoms with Crippen LogP contribution in [0.4, 0.5) is 0 Å². The highest BCUT2D eigenvalue weighted by Gasteiger charge is 2.13. The summed E-state index contributed by atoms with van der Waals surface area (Å²) in [6.45, 7) is 1.74. The maximum atomic E-state index is 11.9. The molecule has 0 radical (unpaired) electrons. The van der Waals surface area contributed by atoms with E-state index in [0.29, 0.717) is 11.5 Å². The number of carbonyl (C=O) groups excluding carboxylic acids is 1. The van der Waals surface area contributed by atoms with Gasteiger partial charge >= 0.3 is 10.8 Å². The molecule has 0 fully saturated rings. The van der Waals surface area contributed by atoms with Gasteiger partial charge in [0.1, 0.15) is 13.2 Å². The molecule has 0 aliphatic carbocycles. The second kappa shape index (κ2) is 7.65. The normalized spacial score (nSPS) is 10.4. The van der Waals surface area contributed by atoms with Crippen molar-refractivity contribution in [2.24, 2.45) is 0 Å². The van der Waals surface area contributed by atoms with Crippen molar-refractivity contribution >= 4 is 33.2 Å². The fourth-order valence-corrected chi connectivity index (χ4v) is 3.11. The van der Waals surface area contributed by atoms with Crippen LogP contribution in [0.15, 0.2) is 26.8 Å². The highest BCUT2D eigenvalue weighted by atomic mass is 79.9. The largest absolute Gasteiger partial charge is 0.493 e. The SMILES string of the molecule is COc1cc(Br)c(COC(=O)Cn2c(C)csc2=O)cc1OC. The molecule has 0 saturated heterocycles. The van der Waals surface area contributed by atoms with E-state index in [9.17, 15) is 9.59 Å². The van der Waals surface area contributed by atoms with Crippen LogP contribution in [-0.2, 0) is 22.7 Å². The van der Waals surface area contributed by atoms with Crippen molar-refractivity contribution in [3.63, 3.8) is 0 Å². The Morgan fingerprint density at radius 3 is 2.48 bits per heavy atom. The molecule has 0 spiro atoms. The van der Waals surface area contributed by atoms with Gasteiger partial charge in [0.2, 0.25) is 0 Å². The fraction of sp³-hybridized carbons (Fsp3) is 0.333. The predicted molar refractivity (Wildman–Crippen MR) is 90.4 cm³/mol. The highest BCUT2D eigenvalue weighted by molar-refractivity contribution is 9.10. The maximum absolute atomic E-state index is 11.9. The van der Waals surface area contributed by atoms with Crippen LogP contribution < -0.4 is 14.3 Å². The molecule has 6 nitrogen and oxygen atoms in total. The third-order valence-electron chi connectivity index (χ3n) is 3.20. The van der Waals surface area contributed by atoms with Gasteiger partial charge in [0, 0.05) is 21.1 Å². The average molecular weight is 402 g/mol. The van der Waals surface area contributed by atoms with Crippen LogP contribution in [-0.4, -0.2) is 24.8 Å². The number of thiazole rings is 1. The van der Waals surface area contributed by atoms with Crippen molar-refractivity contribution in [2.75, 3.05) is 14.2 Å². The minimum atomic E-state index is -0.477. The summed E-state index contributed by atoms with van der Waals surface area (Å²) in [5.41, 5.74) is 1.48. The van der Waals surface area contributed by atoms with Gasteiger partial charge in [0.05, 0.1) is 14.2 Å². The third-order valence-corrected chi connectivity index (χ3v) is 4.82. The van der Waals surface area contributed by atoms with E-state index in [1.807, 2.05) is 0 Å². The lowest BCUT2D eigenvalue weighted by Crippen LogP contribution is -2.22. The van der Waals surface area contributed by atoms with E-state index in [1.54, 1.807) is 31.5 Å². The molecule has 1 heterocycles. The van der Waals surface area contributed by atoms with Crippen LogP contribution >= 0.6 is 27.3 Å². The molecular formula is C15H16BrNO5S. The molecule has 0 atom stereocenters. The minimum absolute atomic E-state index is 0.0672. The highest BCUT2D eigenvalue weighted by Crippen LogP contribution is 2.33. The van der Waals surface area contributed by atoms with E-state index in [0.717, 1.165) is 27.1 Å². The number of hydrogen-bond acceptors (Lipinski definition) is 6. The van der Waals surface area contributed by atoms with Crippen LogP contribution in [0, 0.1) is 6.92 Å². The summed E-state index contributed by atoms with van der Waals surface area (Å²) in [6, 6.07) is 3.48. The molecular weight excluding hydrogens is 386 g/mol. The number of nitrogens with zero attached hydrogens (tertiary/aromatic N) is 1. The van der Waals surface area contributed by atoms with Crippen molar-refractivity contribution < 1.29 is 19.0 Å². The smallest absolute Gasteiger partial charge is 0.326 e.